The van der Waals surface area contributed by atoms with Crippen molar-refractivity contribution in [3.63, 3.8) is 0 Å². The Morgan fingerprint density at radius 2 is 1.52 bits per heavy atom. The Kier molecular flexibility index (Phi) is 4.71. The van der Waals surface area contributed by atoms with Gasteiger partial charge in [-0.05, 0) is 12.8 Å². The summed E-state index contributed by atoms with van der Waals surface area (Å²) in [5.74, 6) is 1.66. The van der Waals surface area contributed by atoms with Gasteiger partial charge in [0.05, 0.1) is 0 Å². The number of benzene rings is 1. The Labute approximate surface area is 131 Å². The average molecular weight is 302 g/mol. The lowest BCUT2D eigenvalue weighted by Crippen LogP contribution is -2.28. The molecule has 0 atom stereocenters. The maximum absolute atomic E-state index is 6.21. The fraction of sp³-hybridized carbons (Fsp3) is 0.412. The minimum atomic E-state index is 0.515. The van der Waals surface area contributed by atoms with Gasteiger partial charge < -0.3 is 4.90 Å². The molecule has 0 saturated carbocycles. The predicted molar refractivity (Wildman–Crippen MR) is 87.8 cm³/mol. The Hall–Kier alpha value is -1.61. The van der Waals surface area contributed by atoms with Crippen LogP contribution in [0.1, 0.15) is 32.1 Å². The van der Waals surface area contributed by atoms with Crippen LogP contribution in [0.25, 0.3) is 11.4 Å². The summed E-state index contributed by atoms with van der Waals surface area (Å²) >= 11 is 6.21. The molecule has 0 bridgehead atoms. The Morgan fingerprint density at radius 1 is 0.857 bits per heavy atom. The molecule has 2 aromatic rings. The lowest BCUT2D eigenvalue weighted by Gasteiger charge is -2.26. The molecule has 0 aliphatic carbocycles. The van der Waals surface area contributed by atoms with Gasteiger partial charge in [0.2, 0.25) is 0 Å². The van der Waals surface area contributed by atoms with Crippen molar-refractivity contribution in [1.29, 1.82) is 0 Å². The van der Waals surface area contributed by atoms with E-state index in [1.54, 1.807) is 0 Å². The highest BCUT2D eigenvalue weighted by Gasteiger charge is 2.13. The normalized spacial score (nSPS) is 16.3. The molecule has 0 unspecified atom stereocenters. The third-order valence-corrected chi connectivity index (χ3v) is 4.09. The minimum absolute atomic E-state index is 0.515. The van der Waals surface area contributed by atoms with Crippen LogP contribution in [-0.4, -0.2) is 23.1 Å². The summed E-state index contributed by atoms with van der Waals surface area (Å²) in [5, 5.41) is 0.515. The number of anilines is 1. The summed E-state index contributed by atoms with van der Waals surface area (Å²) in [5.41, 5.74) is 1.01. The van der Waals surface area contributed by atoms with E-state index in [4.69, 9.17) is 16.6 Å². The van der Waals surface area contributed by atoms with Gasteiger partial charge in [0.1, 0.15) is 11.0 Å². The Balaban J connectivity index is 1.89. The number of aromatic nitrogens is 2. The first kappa shape index (κ1) is 14.3. The first-order valence-electron chi connectivity index (χ1n) is 7.68. The van der Waals surface area contributed by atoms with Crippen LogP contribution < -0.4 is 4.90 Å². The van der Waals surface area contributed by atoms with E-state index < -0.39 is 0 Å². The van der Waals surface area contributed by atoms with Crippen LogP contribution >= 0.6 is 11.6 Å². The molecule has 0 radical (unpaired) electrons. The van der Waals surface area contributed by atoms with Crippen LogP contribution in [0.2, 0.25) is 5.15 Å². The Bertz CT molecular complexity index is 578. The van der Waals surface area contributed by atoms with Crippen LogP contribution in [0.4, 0.5) is 5.82 Å². The van der Waals surface area contributed by atoms with Gasteiger partial charge >= 0.3 is 0 Å². The van der Waals surface area contributed by atoms with Gasteiger partial charge in [0.15, 0.2) is 5.82 Å². The van der Waals surface area contributed by atoms with Gasteiger partial charge in [-0.3, -0.25) is 0 Å². The van der Waals surface area contributed by atoms with Crippen molar-refractivity contribution in [2.45, 2.75) is 32.1 Å². The zero-order valence-electron chi connectivity index (χ0n) is 12.1. The largest absolute Gasteiger partial charge is 0.356 e. The maximum atomic E-state index is 6.21. The second-order valence-corrected chi connectivity index (χ2v) is 5.88. The predicted octanol–water partition coefficient (Wildman–Crippen LogP) is 4.57. The molecule has 1 fully saturated rings. The molecule has 1 aromatic carbocycles. The molecule has 2 heterocycles. The summed E-state index contributed by atoms with van der Waals surface area (Å²) in [4.78, 5) is 11.4. The molecule has 1 saturated heterocycles. The SMILES string of the molecule is Clc1cc(N2CCCCCCC2)nc(-c2ccccc2)n1. The molecule has 3 rings (SSSR count). The highest BCUT2D eigenvalue weighted by molar-refractivity contribution is 6.29. The van der Waals surface area contributed by atoms with E-state index in [1.807, 2.05) is 36.4 Å². The van der Waals surface area contributed by atoms with E-state index in [0.717, 1.165) is 24.5 Å². The van der Waals surface area contributed by atoms with E-state index in [0.29, 0.717) is 11.0 Å². The summed E-state index contributed by atoms with van der Waals surface area (Å²) in [6.45, 7) is 2.11. The lowest BCUT2D eigenvalue weighted by molar-refractivity contribution is 0.553. The summed E-state index contributed by atoms with van der Waals surface area (Å²) in [6, 6.07) is 11.9. The van der Waals surface area contributed by atoms with Crippen LogP contribution in [0.15, 0.2) is 36.4 Å². The van der Waals surface area contributed by atoms with Gasteiger partial charge in [-0.15, -0.1) is 0 Å². The van der Waals surface area contributed by atoms with E-state index in [2.05, 4.69) is 9.88 Å². The van der Waals surface area contributed by atoms with Crippen LogP contribution in [0.3, 0.4) is 0 Å². The molecular weight excluding hydrogens is 282 g/mol. The standard InChI is InChI=1S/C17H20ClN3/c18-15-13-16(21-11-7-2-1-3-8-12-21)20-17(19-15)14-9-5-4-6-10-14/h4-6,9-10,13H,1-3,7-8,11-12H2. The number of nitrogens with zero attached hydrogens (tertiary/aromatic N) is 3. The van der Waals surface area contributed by atoms with Crippen LogP contribution in [-0.2, 0) is 0 Å². The molecule has 21 heavy (non-hydrogen) atoms. The van der Waals surface area contributed by atoms with E-state index >= 15 is 0 Å². The third-order valence-electron chi connectivity index (χ3n) is 3.89. The quantitative estimate of drug-likeness (QED) is 0.761. The zero-order valence-corrected chi connectivity index (χ0v) is 12.9. The second-order valence-electron chi connectivity index (χ2n) is 5.49. The monoisotopic (exact) mass is 301 g/mol. The number of hydrogen-bond acceptors (Lipinski definition) is 3. The molecular formula is C17H20ClN3. The summed E-state index contributed by atoms with van der Waals surface area (Å²) < 4.78 is 0. The fourth-order valence-electron chi connectivity index (χ4n) is 2.76. The number of halogens is 1. The lowest BCUT2D eigenvalue weighted by atomic mass is 10.1. The molecule has 0 N–H and O–H groups in total. The van der Waals surface area contributed by atoms with Crippen molar-refractivity contribution in [2.75, 3.05) is 18.0 Å². The van der Waals surface area contributed by atoms with Crippen molar-refractivity contribution in [2.24, 2.45) is 0 Å². The van der Waals surface area contributed by atoms with Crippen LogP contribution in [0, 0.1) is 0 Å². The van der Waals surface area contributed by atoms with Crippen molar-refractivity contribution in [3.05, 3.63) is 41.6 Å². The molecule has 4 heteroatoms. The van der Waals surface area contributed by atoms with Crippen LogP contribution in [0.5, 0.6) is 0 Å². The number of hydrogen-bond donors (Lipinski definition) is 0. The molecule has 0 spiro atoms. The first-order chi connectivity index (χ1) is 10.3. The fourth-order valence-corrected chi connectivity index (χ4v) is 2.94. The molecule has 1 aliphatic rings. The van der Waals surface area contributed by atoms with Gasteiger partial charge in [-0.1, -0.05) is 61.2 Å². The molecule has 1 aromatic heterocycles. The molecule has 3 nitrogen and oxygen atoms in total. The Morgan fingerprint density at radius 3 is 2.24 bits per heavy atom. The maximum Gasteiger partial charge on any atom is 0.163 e. The summed E-state index contributed by atoms with van der Waals surface area (Å²) in [6.07, 6.45) is 6.42. The molecule has 110 valence electrons. The number of rotatable bonds is 2. The van der Waals surface area contributed by atoms with Gasteiger partial charge in [-0.25, -0.2) is 9.97 Å². The van der Waals surface area contributed by atoms with Crippen molar-refractivity contribution >= 4 is 17.4 Å². The van der Waals surface area contributed by atoms with E-state index in [9.17, 15) is 0 Å². The topological polar surface area (TPSA) is 29.0 Å². The van der Waals surface area contributed by atoms with E-state index in [1.165, 1.54) is 32.1 Å². The van der Waals surface area contributed by atoms with Crippen molar-refractivity contribution in [3.8, 4) is 11.4 Å². The third kappa shape index (κ3) is 3.73. The summed E-state index contributed by atoms with van der Waals surface area (Å²) in [7, 11) is 0. The van der Waals surface area contributed by atoms with Gasteiger partial charge in [0, 0.05) is 24.7 Å². The van der Waals surface area contributed by atoms with Crippen molar-refractivity contribution < 1.29 is 0 Å². The highest BCUT2D eigenvalue weighted by Crippen LogP contribution is 2.24. The highest BCUT2D eigenvalue weighted by atomic mass is 35.5. The average Bonchev–Trinajstić information content (AvgIpc) is 2.47. The zero-order chi connectivity index (χ0) is 14.5. The van der Waals surface area contributed by atoms with Crippen molar-refractivity contribution in [1.82, 2.24) is 9.97 Å². The van der Waals surface area contributed by atoms with E-state index in [-0.39, 0.29) is 0 Å². The first-order valence-corrected chi connectivity index (χ1v) is 8.06. The van der Waals surface area contributed by atoms with Gasteiger partial charge in [-0.2, -0.15) is 0 Å². The second kappa shape index (κ2) is 6.90. The molecule has 0 amide bonds. The smallest absolute Gasteiger partial charge is 0.163 e. The minimum Gasteiger partial charge on any atom is -0.356 e. The van der Waals surface area contributed by atoms with Gasteiger partial charge in [0.25, 0.3) is 0 Å². The molecule has 1 aliphatic heterocycles.